The van der Waals surface area contributed by atoms with Crippen LogP contribution >= 0.6 is 0 Å². The molecule has 2 atom stereocenters. The van der Waals surface area contributed by atoms with Crippen LogP contribution < -0.4 is 5.73 Å². The molecule has 0 heterocycles. The molecule has 0 fully saturated rings. The Morgan fingerprint density at radius 3 is 2.54 bits per heavy atom. The summed E-state index contributed by atoms with van der Waals surface area (Å²) >= 11 is 0. The number of hydrogen-bond donors (Lipinski definition) is 1. The van der Waals surface area contributed by atoms with Crippen LogP contribution in [0.15, 0.2) is 30.3 Å². The maximum absolute atomic E-state index is 5.92. The molecule has 0 amide bonds. The first kappa shape index (κ1) is 9.83. The summed E-state index contributed by atoms with van der Waals surface area (Å²) in [5, 5.41) is 0. The van der Waals surface area contributed by atoms with Crippen molar-refractivity contribution in [2.45, 2.75) is 25.3 Å². The fraction of sp³-hybridized carbons (Fsp3) is 0.333. The highest BCUT2D eigenvalue weighted by Crippen LogP contribution is 2.18. The minimum atomic E-state index is 0.0624. The normalized spacial score (nSPS) is 14.5. The van der Waals surface area contributed by atoms with E-state index in [1.807, 2.05) is 18.2 Å². The molecular formula is C12H15N. The highest BCUT2D eigenvalue weighted by Gasteiger charge is 2.12. The van der Waals surface area contributed by atoms with E-state index in [2.05, 4.69) is 25.0 Å². The van der Waals surface area contributed by atoms with E-state index in [-0.39, 0.29) is 6.04 Å². The molecular weight excluding hydrogens is 158 g/mol. The van der Waals surface area contributed by atoms with E-state index in [4.69, 9.17) is 12.2 Å². The molecule has 2 unspecified atom stereocenters. The van der Waals surface area contributed by atoms with Crippen molar-refractivity contribution in [1.29, 1.82) is 0 Å². The fourth-order valence-corrected chi connectivity index (χ4v) is 1.32. The Hall–Kier alpha value is -1.26. The standard InChI is InChI=1S/C12H15N/c1-3-7-12(13)10(2)11-8-5-4-6-9-11/h1,4-6,8-10,12H,7,13H2,2H3. The molecule has 0 aliphatic heterocycles. The lowest BCUT2D eigenvalue weighted by Crippen LogP contribution is -2.25. The Morgan fingerprint density at radius 1 is 1.38 bits per heavy atom. The first-order valence-corrected chi connectivity index (χ1v) is 4.49. The molecule has 0 spiro atoms. The summed E-state index contributed by atoms with van der Waals surface area (Å²) in [6.45, 7) is 2.11. The van der Waals surface area contributed by atoms with Crippen molar-refractivity contribution in [2.75, 3.05) is 0 Å². The summed E-state index contributed by atoms with van der Waals surface area (Å²) in [7, 11) is 0. The minimum Gasteiger partial charge on any atom is -0.326 e. The zero-order valence-corrected chi connectivity index (χ0v) is 7.90. The van der Waals surface area contributed by atoms with Crippen LogP contribution in [-0.2, 0) is 0 Å². The first-order chi connectivity index (χ1) is 6.25. The van der Waals surface area contributed by atoms with E-state index in [0.717, 1.165) is 0 Å². The Kier molecular flexibility index (Phi) is 3.54. The molecule has 1 nitrogen and oxygen atoms in total. The molecule has 0 aliphatic rings. The Morgan fingerprint density at radius 2 is 2.00 bits per heavy atom. The van der Waals surface area contributed by atoms with E-state index < -0.39 is 0 Å². The first-order valence-electron chi connectivity index (χ1n) is 4.49. The topological polar surface area (TPSA) is 26.0 Å². The van der Waals surface area contributed by atoms with E-state index in [9.17, 15) is 0 Å². The van der Waals surface area contributed by atoms with Gasteiger partial charge in [-0.05, 0) is 11.5 Å². The number of rotatable bonds is 3. The van der Waals surface area contributed by atoms with Crippen molar-refractivity contribution >= 4 is 0 Å². The summed E-state index contributed by atoms with van der Waals surface area (Å²) in [6, 6.07) is 10.3. The largest absolute Gasteiger partial charge is 0.326 e. The van der Waals surface area contributed by atoms with Gasteiger partial charge in [-0.3, -0.25) is 0 Å². The summed E-state index contributed by atoms with van der Waals surface area (Å²) in [5.74, 6) is 2.92. The van der Waals surface area contributed by atoms with Crippen molar-refractivity contribution in [1.82, 2.24) is 0 Å². The van der Waals surface area contributed by atoms with Gasteiger partial charge in [0.15, 0.2) is 0 Å². The number of nitrogens with two attached hydrogens (primary N) is 1. The molecule has 1 heteroatoms. The zero-order valence-electron chi connectivity index (χ0n) is 7.90. The molecule has 1 aromatic carbocycles. The van der Waals surface area contributed by atoms with Gasteiger partial charge in [-0.25, -0.2) is 0 Å². The van der Waals surface area contributed by atoms with Crippen molar-refractivity contribution < 1.29 is 0 Å². The molecule has 1 rings (SSSR count). The third-order valence-electron chi connectivity index (χ3n) is 2.32. The smallest absolute Gasteiger partial charge is 0.0244 e. The van der Waals surface area contributed by atoms with Crippen LogP contribution in [0.25, 0.3) is 0 Å². The van der Waals surface area contributed by atoms with Crippen LogP contribution in [0.3, 0.4) is 0 Å². The highest BCUT2D eigenvalue weighted by molar-refractivity contribution is 5.20. The van der Waals surface area contributed by atoms with Gasteiger partial charge >= 0.3 is 0 Å². The maximum Gasteiger partial charge on any atom is 0.0244 e. The van der Waals surface area contributed by atoms with Gasteiger partial charge in [-0.2, -0.15) is 0 Å². The second-order valence-electron chi connectivity index (χ2n) is 3.27. The predicted molar refractivity (Wildman–Crippen MR) is 56.3 cm³/mol. The van der Waals surface area contributed by atoms with Crippen molar-refractivity contribution in [2.24, 2.45) is 5.73 Å². The van der Waals surface area contributed by atoms with Crippen LogP contribution in [0.5, 0.6) is 0 Å². The fourth-order valence-electron chi connectivity index (χ4n) is 1.32. The van der Waals surface area contributed by atoms with Crippen LogP contribution in [0.4, 0.5) is 0 Å². The Balaban J connectivity index is 2.69. The molecule has 0 bridgehead atoms. The molecule has 0 aliphatic carbocycles. The summed E-state index contributed by atoms with van der Waals surface area (Å²) in [5.41, 5.74) is 7.17. The van der Waals surface area contributed by atoms with Crippen LogP contribution in [0.2, 0.25) is 0 Å². The lowest BCUT2D eigenvalue weighted by atomic mass is 9.92. The van der Waals surface area contributed by atoms with Gasteiger partial charge in [0.1, 0.15) is 0 Å². The second kappa shape index (κ2) is 4.69. The van der Waals surface area contributed by atoms with Gasteiger partial charge in [0.2, 0.25) is 0 Å². The average Bonchev–Trinajstić information content (AvgIpc) is 2.18. The predicted octanol–water partition coefficient (Wildman–Crippen LogP) is 2.14. The van der Waals surface area contributed by atoms with E-state index in [0.29, 0.717) is 12.3 Å². The van der Waals surface area contributed by atoms with Crippen molar-refractivity contribution in [3.8, 4) is 12.3 Å². The second-order valence-corrected chi connectivity index (χ2v) is 3.27. The van der Waals surface area contributed by atoms with Gasteiger partial charge in [0.05, 0.1) is 0 Å². The Bertz CT molecular complexity index is 284. The van der Waals surface area contributed by atoms with Gasteiger partial charge in [0.25, 0.3) is 0 Å². The maximum atomic E-state index is 5.92. The molecule has 0 saturated carbocycles. The van der Waals surface area contributed by atoms with E-state index >= 15 is 0 Å². The zero-order chi connectivity index (χ0) is 9.68. The molecule has 68 valence electrons. The third kappa shape index (κ3) is 2.61. The van der Waals surface area contributed by atoms with Crippen LogP contribution in [0.1, 0.15) is 24.8 Å². The van der Waals surface area contributed by atoms with Crippen LogP contribution in [-0.4, -0.2) is 6.04 Å². The molecule has 0 radical (unpaired) electrons. The lowest BCUT2D eigenvalue weighted by molar-refractivity contribution is 0.580. The van der Waals surface area contributed by atoms with E-state index in [1.54, 1.807) is 0 Å². The molecule has 0 saturated heterocycles. The average molecular weight is 173 g/mol. The molecule has 1 aromatic rings. The molecule has 13 heavy (non-hydrogen) atoms. The minimum absolute atomic E-state index is 0.0624. The van der Waals surface area contributed by atoms with Gasteiger partial charge < -0.3 is 5.73 Å². The summed E-state index contributed by atoms with van der Waals surface area (Å²) < 4.78 is 0. The summed E-state index contributed by atoms with van der Waals surface area (Å²) in [6.07, 6.45) is 5.85. The highest BCUT2D eigenvalue weighted by atomic mass is 14.6. The monoisotopic (exact) mass is 173 g/mol. The molecule has 0 aromatic heterocycles. The lowest BCUT2D eigenvalue weighted by Gasteiger charge is -2.17. The van der Waals surface area contributed by atoms with Crippen LogP contribution in [0, 0.1) is 12.3 Å². The quantitative estimate of drug-likeness (QED) is 0.696. The molecule has 2 N–H and O–H groups in total. The summed E-state index contributed by atoms with van der Waals surface area (Å²) in [4.78, 5) is 0. The van der Waals surface area contributed by atoms with Gasteiger partial charge in [0, 0.05) is 12.5 Å². The Labute approximate surface area is 80.0 Å². The number of benzene rings is 1. The van der Waals surface area contributed by atoms with Crippen molar-refractivity contribution in [3.63, 3.8) is 0 Å². The third-order valence-corrected chi connectivity index (χ3v) is 2.32. The van der Waals surface area contributed by atoms with E-state index in [1.165, 1.54) is 5.56 Å². The van der Waals surface area contributed by atoms with Gasteiger partial charge in [-0.15, -0.1) is 12.3 Å². The number of hydrogen-bond acceptors (Lipinski definition) is 1. The van der Waals surface area contributed by atoms with Gasteiger partial charge in [-0.1, -0.05) is 37.3 Å². The number of terminal acetylenes is 1. The van der Waals surface area contributed by atoms with Crippen molar-refractivity contribution in [3.05, 3.63) is 35.9 Å². The SMILES string of the molecule is C#CCC(N)C(C)c1ccccc1.